The molecule has 1 aromatic carbocycles. The van der Waals surface area contributed by atoms with E-state index < -0.39 is 0 Å². The molecule has 0 fully saturated rings. The van der Waals surface area contributed by atoms with Gasteiger partial charge in [0.2, 0.25) is 5.91 Å². The van der Waals surface area contributed by atoms with Crippen molar-refractivity contribution in [1.82, 2.24) is 5.32 Å². The fraction of sp³-hybridized carbons (Fsp3) is 0.400. The van der Waals surface area contributed by atoms with E-state index in [9.17, 15) is 4.79 Å². The topological polar surface area (TPSA) is 38.3 Å². The van der Waals surface area contributed by atoms with Gasteiger partial charge < -0.3 is 10.1 Å². The smallest absolute Gasteiger partial charge is 0.223 e. The van der Waals surface area contributed by atoms with Crippen LogP contribution in [0.1, 0.15) is 25.3 Å². The highest BCUT2D eigenvalue weighted by atomic mass is 16.5. The lowest BCUT2D eigenvalue weighted by Crippen LogP contribution is -2.25. The maximum atomic E-state index is 11.4. The van der Waals surface area contributed by atoms with Gasteiger partial charge in [-0.1, -0.05) is 24.3 Å². The van der Waals surface area contributed by atoms with Crippen LogP contribution in [0.5, 0.6) is 5.75 Å². The van der Waals surface area contributed by atoms with Gasteiger partial charge in [0, 0.05) is 6.54 Å². The fourth-order valence-corrected chi connectivity index (χ4v) is 1.52. The first-order chi connectivity index (χ1) is 8.72. The number of aryl methyl sites for hydroxylation is 1. The summed E-state index contributed by atoms with van der Waals surface area (Å²) < 4.78 is 5.51. The van der Waals surface area contributed by atoms with Crippen LogP contribution >= 0.6 is 0 Å². The van der Waals surface area contributed by atoms with Crippen molar-refractivity contribution >= 4 is 5.91 Å². The summed E-state index contributed by atoms with van der Waals surface area (Å²) in [6.07, 6.45) is 5.28. The Morgan fingerprint density at radius 3 is 3.00 bits per heavy atom. The zero-order chi connectivity index (χ0) is 13.2. The quantitative estimate of drug-likeness (QED) is 0.594. The van der Waals surface area contributed by atoms with Crippen LogP contribution in [0.2, 0.25) is 0 Å². The van der Waals surface area contributed by atoms with Crippen molar-refractivity contribution in [3.8, 4) is 5.75 Å². The molecule has 18 heavy (non-hydrogen) atoms. The first-order valence-corrected chi connectivity index (χ1v) is 6.29. The summed E-state index contributed by atoms with van der Waals surface area (Å²) in [5, 5.41) is 2.84. The minimum Gasteiger partial charge on any atom is -0.493 e. The van der Waals surface area contributed by atoms with Crippen LogP contribution in [-0.4, -0.2) is 19.1 Å². The summed E-state index contributed by atoms with van der Waals surface area (Å²) in [6.45, 7) is 5.09. The Morgan fingerprint density at radius 1 is 1.44 bits per heavy atom. The minimum atomic E-state index is 0.0344. The lowest BCUT2D eigenvalue weighted by Gasteiger charge is -2.07. The van der Waals surface area contributed by atoms with Gasteiger partial charge in [0.25, 0.3) is 0 Å². The van der Waals surface area contributed by atoms with Crippen LogP contribution in [0.4, 0.5) is 0 Å². The summed E-state index contributed by atoms with van der Waals surface area (Å²) in [5.74, 6) is 0.851. The van der Waals surface area contributed by atoms with E-state index >= 15 is 0 Å². The van der Waals surface area contributed by atoms with Gasteiger partial charge in [0.1, 0.15) is 5.75 Å². The van der Waals surface area contributed by atoms with Crippen LogP contribution in [-0.2, 0) is 4.79 Å². The highest BCUT2D eigenvalue weighted by Gasteiger charge is 2.00. The van der Waals surface area contributed by atoms with Crippen molar-refractivity contribution in [2.24, 2.45) is 0 Å². The molecular formula is C15H21NO2. The van der Waals surface area contributed by atoms with Gasteiger partial charge in [-0.2, -0.15) is 0 Å². The molecule has 0 aliphatic rings. The molecule has 1 rings (SSSR count). The second-order valence-electron chi connectivity index (χ2n) is 4.12. The molecule has 0 saturated carbocycles. The van der Waals surface area contributed by atoms with E-state index in [1.54, 1.807) is 0 Å². The highest BCUT2D eigenvalue weighted by molar-refractivity contribution is 5.75. The van der Waals surface area contributed by atoms with E-state index in [0.29, 0.717) is 19.6 Å². The van der Waals surface area contributed by atoms with Crippen molar-refractivity contribution in [3.63, 3.8) is 0 Å². The van der Waals surface area contributed by atoms with E-state index in [-0.39, 0.29) is 5.91 Å². The zero-order valence-corrected chi connectivity index (χ0v) is 11.1. The predicted molar refractivity (Wildman–Crippen MR) is 73.7 cm³/mol. The molecule has 0 radical (unpaired) electrons. The van der Waals surface area contributed by atoms with Gasteiger partial charge in [-0.25, -0.2) is 0 Å². The lowest BCUT2D eigenvalue weighted by atomic mass is 10.2. The van der Waals surface area contributed by atoms with Crippen LogP contribution in [0, 0.1) is 6.92 Å². The molecule has 0 atom stereocenters. The Morgan fingerprint density at radius 2 is 2.28 bits per heavy atom. The van der Waals surface area contributed by atoms with Crippen molar-refractivity contribution in [2.45, 2.75) is 26.7 Å². The third-order valence-electron chi connectivity index (χ3n) is 2.46. The summed E-state index contributed by atoms with van der Waals surface area (Å²) in [4.78, 5) is 11.4. The van der Waals surface area contributed by atoms with E-state index in [0.717, 1.165) is 17.7 Å². The van der Waals surface area contributed by atoms with Gasteiger partial charge in [-0.3, -0.25) is 4.79 Å². The van der Waals surface area contributed by atoms with Crippen molar-refractivity contribution in [1.29, 1.82) is 0 Å². The maximum Gasteiger partial charge on any atom is 0.223 e. The molecule has 1 amide bonds. The first kappa shape index (κ1) is 14.3. The largest absolute Gasteiger partial charge is 0.493 e. The number of carbonyl (C=O) groups excluding carboxylic acids is 1. The Balaban J connectivity index is 2.15. The predicted octanol–water partition coefficient (Wildman–Crippen LogP) is 2.85. The number of amides is 1. The molecule has 0 bridgehead atoms. The summed E-state index contributed by atoms with van der Waals surface area (Å²) in [7, 11) is 0. The molecule has 0 saturated heterocycles. The molecule has 98 valence electrons. The third-order valence-corrected chi connectivity index (χ3v) is 2.46. The summed E-state index contributed by atoms with van der Waals surface area (Å²) >= 11 is 0. The molecule has 3 nitrogen and oxygen atoms in total. The summed E-state index contributed by atoms with van der Waals surface area (Å²) in [6, 6.07) is 7.82. The fourth-order valence-electron chi connectivity index (χ4n) is 1.52. The van der Waals surface area contributed by atoms with Crippen LogP contribution in [0.15, 0.2) is 36.4 Å². The Labute approximate surface area is 109 Å². The molecule has 0 spiro atoms. The Hall–Kier alpha value is -1.77. The second kappa shape index (κ2) is 8.34. The maximum absolute atomic E-state index is 11.4. The molecule has 0 unspecified atom stereocenters. The Bertz CT molecular complexity index is 399. The lowest BCUT2D eigenvalue weighted by molar-refractivity contribution is -0.121. The number of hydrogen-bond donors (Lipinski definition) is 1. The SMILES string of the molecule is C/C=C/CCNC(=O)CCOc1cccc(C)c1. The number of nitrogens with one attached hydrogen (secondary N) is 1. The number of allylic oxidation sites excluding steroid dienone is 1. The zero-order valence-electron chi connectivity index (χ0n) is 11.1. The second-order valence-corrected chi connectivity index (χ2v) is 4.12. The summed E-state index contributed by atoms with van der Waals surface area (Å²) in [5.41, 5.74) is 1.16. The van der Waals surface area contributed by atoms with Crippen LogP contribution < -0.4 is 10.1 Å². The van der Waals surface area contributed by atoms with E-state index in [1.807, 2.05) is 50.3 Å². The van der Waals surface area contributed by atoms with E-state index in [4.69, 9.17) is 4.74 Å². The number of ether oxygens (including phenoxy) is 1. The van der Waals surface area contributed by atoms with Crippen molar-refractivity contribution in [2.75, 3.05) is 13.2 Å². The average molecular weight is 247 g/mol. The molecule has 0 aliphatic heterocycles. The molecule has 1 aromatic rings. The van der Waals surface area contributed by atoms with Gasteiger partial charge in [0.05, 0.1) is 13.0 Å². The van der Waals surface area contributed by atoms with Gasteiger partial charge in [0.15, 0.2) is 0 Å². The number of rotatable bonds is 7. The molecule has 3 heteroatoms. The van der Waals surface area contributed by atoms with Crippen LogP contribution in [0.25, 0.3) is 0 Å². The van der Waals surface area contributed by atoms with Gasteiger partial charge in [-0.05, 0) is 38.0 Å². The highest BCUT2D eigenvalue weighted by Crippen LogP contribution is 2.12. The molecule has 0 heterocycles. The minimum absolute atomic E-state index is 0.0344. The molecular weight excluding hydrogens is 226 g/mol. The standard InChI is InChI=1S/C15H21NO2/c1-3-4-5-10-16-15(17)9-11-18-14-8-6-7-13(2)12-14/h3-4,6-8,12H,5,9-11H2,1-2H3,(H,16,17)/b4-3+. The van der Waals surface area contributed by atoms with Gasteiger partial charge >= 0.3 is 0 Å². The number of hydrogen-bond acceptors (Lipinski definition) is 2. The number of benzene rings is 1. The first-order valence-electron chi connectivity index (χ1n) is 6.29. The van der Waals surface area contributed by atoms with E-state index in [1.165, 1.54) is 0 Å². The van der Waals surface area contributed by atoms with E-state index in [2.05, 4.69) is 5.32 Å². The monoisotopic (exact) mass is 247 g/mol. The molecule has 1 N–H and O–H groups in total. The third kappa shape index (κ3) is 6.09. The number of carbonyl (C=O) groups is 1. The normalized spacial score (nSPS) is 10.6. The Kier molecular flexibility index (Phi) is 6.62. The van der Waals surface area contributed by atoms with Crippen molar-refractivity contribution in [3.05, 3.63) is 42.0 Å². The molecule has 0 aromatic heterocycles. The van der Waals surface area contributed by atoms with Crippen LogP contribution in [0.3, 0.4) is 0 Å². The van der Waals surface area contributed by atoms with Gasteiger partial charge in [-0.15, -0.1) is 0 Å². The average Bonchev–Trinajstić information content (AvgIpc) is 2.35. The molecule has 0 aliphatic carbocycles. The van der Waals surface area contributed by atoms with Crippen molar-refractivity contribution < 1.29 is 9.53 Å².